The third kappa shape index (κ3) is 12.4. The van der Waals surface area contributed by atoms with Crippen molar-refractivity contribution in [1.29, 1.82) is 0 Å². The number of likely N-dealkylation sites (tertiary alicyclic amines) is 1. The molecule has 0 bridgehead atoms. The lowest BCUT2D eigenvalue weighted by Crippen LogP contribution is -2.61. The number of carbonyl (C=O) groups excluding carboxylic acids is 8. The van der Waals surface area contributed by atoms with E-state index >= 15 is 0 Å². The fraction of sp³-hybridized carbons (Fsp3) is 0.632. The third-order valence-corrected chi connectivity index (χ3v) is 10.00. The van der Waals surface area contributed by atoms with Crippen LogP contribution in [0, 0.1) is 11.3 Å². The summed E-state index contributed by atoms with van der Waals surface area (Å²) in [6.07, 6.45) is 2.53. The first-order valence-corrected chi connectivity index (χ1v) is 18.8. The van der Waals surface area contributed by atoms with Gasteiger partial charge in [0.1, 0.15) is 18.1 Å². The second-order valence-electron chi connectivity index (χ2n) is 15.1. The van der Waals surface area contributed by atoms with E-state index in [1.165, 1.54) is 0 Å². The lowest BCUT2D eigenvalue weighted by molar-refractivity contribution is -0.147. The van der Waals surface area contributed by atoms with Gasteiger partial charge in [-0.2, -0.15) is 0 Å². The summed E-state index contributed by atoms with van der Waals surface area (Å²) in [6, 6.07) is 3.95. The number of amides is 7. The molecule has 304 valence electrons. The number of Topliss-reactive ketones (excluding diaryl/α,β-unsaturated/α-hetero) is 1. The van der Waals surface area contributed by atoms with E-state index in [1.54, 1.807) is 32.6 Å². The van der Waals surface area contributed by atoms with Crippen molar-refractivity contribution in [1.82, 2.24) is 36.8 Å². The van der Waals surface area contributed by atoms with E-state index in [0.717, 1.165) is 39.0 Å². The van der Waals surface area contributed by atoms with Crippen LogP contribution in [0.3, 0.4) is 0 Å². The van der Waals surface area contributed by atoms with Gasteiger partial charge in [0.25, 0.3) is 5.91 Å². The molecule has 3 rings (SSSR count). The van der Waals surface area contributed by atoms with E-state index in [4.69, 9.17) is 0 Å². The highest BCUT2D eigenvalue weighted by Crippen LogP contribution is 2.41. The zero-order valence-corrected chi connectivity index (χ0v) is 32.8. The van der Waals surface area contributed by atoms with Crippen LogP contribution < -0.4 is 31.9 Å². The van der Waals surface area contributed by atoms with Crippen LogP contribution >= 0.6 is 0 Å². The van der Waals surface area contributed by atoms with Crippen molar-refractivity contribution in [3.05, 3.63) is 35.9 Å². The number of nitrogens with zero attached hydrogens (tertiary/aromatic N) is 1. The number of methoxy groups -OCH3 is 2. The highest BCUT2D eigenvalue weighted by molar-refractivity contribution is 6.38. The van der Waals surface area contributed by atoms with Crippen molar-refractivity contribution in [3.8, 4) is 0 Å². The number of ether oxygens (including phenoxy) is 2. The summed E-state index contributed by atoms with van der Waals surface area (Å²) >= 11 is 0. The summed E-state index contributed by atoms with van der Waals surface area (Å²) in [4.78, 5) is 106. The molecule has 17 nitrogen and oxygen atoms in total. The summed E-state index contributed by atoms with van der Waals surface area (Å²) in [5.41, 5.74) is -0.0314. The first-order valence-electron chi connectivity index (χ1n) is 18.8. The van der Waals surface area contributed by atoms with Gasteiger partial charge in [0.15, 0.2) is 0 Å². The Morgan fingerprint density at radius 3 is 2.11 bits per heavy atom. The van der Waals surface area contributed by atoms with Crippen LogP contribution in [0.25, 0.3) is 0 Å². The van der Waals surface area contributed by atoms with Crippen molar-refractivity contribution in [2.75, 3.05) is 27.3 Å². The SMILES string of the molecule is CCCC(NC(=O)[C@@H]1C[C@@H]2CCCC[C@@H]2N1C(=O)[C@@H](NC(=O)CNC(=O)C(CNC(=O)OC)NC(=O)OC)C(C)(C)C)C(=O)C(=O)N[C@@H](C)c1ccccc1. The van der Waals surface area contributed by atoms with Gasteiger partial charge in [-0.25, -0.2) is 9.59 Å². The number of carbonyl (C=O) groups is 8. The molecule has 1 heterocycles. The predicted molar refractivity (Wildman–Crippen MR) is 200 cm³/mol. The van der Waals surface area contributed by atoms with Gasteiger partial charge in [0.2, 0.25) is 29.4 Å². The first-order chi connectivity index (χ1) is 26.0. The van der Waals surface area contributed by atoms with Gasteiger partial charge in [0, 0.05) is 6.04 Å². The van der Waals surface area contributed by atoms with Crippen LogP contribution in [0.15, 0.2) is 30.3 Å². The van der Waals surface area contributed by atoms with Gasteiger partial charge >= 0.3 is 12.2 Å². The first kappa shape index (κ1) is 44.2. The Hall–Kier alpha value is -5.22. The maximum atomic E-state index is 14.6. The third-order valence-electron chi connectivity index (χ3n) is 10.00. The molecule has 0 spiro atoms. The average molecular weight is 772 g/mol. The van der Waals surface area contributed by atoms with E-state index in [-0.39, 0.29) is 24.9 Å². The highest BCUT2D eigenvalue weighted by Gasteiger charge is 2.51. The zero-order chi connectivity index (χ0) is 40.9. The van der Waals surface area contributed by atoms with Gasteiger partial charge in [-0.1, -0.05) is 77.3 Å². The fourth-order valence-corrected chi connectivity index (χ4v) is 7.06. The molecule has 7 atom stereocenters. The van der Waals surface area contributed by atoms with E-state index in [1.807, 2.05) is 37.3 Å². The average Bonchev–Trinajstić information content (AvgIpc) is 3.56. The monoisotopic (exact) mass is 771 g/mol. The van der Waals surface area contributed by atoms with Crippen molar-refractivity contribution in [3.63, 3.8) is 0 Å². The van der Waals surface area contributed by atoms with E-state index in [2.05, 4.69) is 41.4 Å². The molecule has 2 fully saturated rings. The zero-order valence-electron chi connectivity index (χ0n) is 32.8. The number of rotatable bonds is 16. The van der Waals surface area contributed by atoms with Crippen LogP contribution in [-0.2, 0) is 38.2 Å². The molecule has 2 aliphatic rings. The van der Waals surface area contributed by atoms with Crippen molar-refractivity contribution in [2.45, 2.75) is 116 Å². The van der Waals surface area contributed by atoms with Gasteiger partial charge < -0.3 is 46.3 Å². The molecule has 0 aromatic heterocycles. The van der Waals surface area contributed by atoms with Crippen LogP contribution in [0.4, 0.5) is 9.59 Å². The molecular weight excluding hydrogens is 714 g/mol. The molecular formula is C38H57N7O10. The summed E-state index contributed by atoms with van der Waals surface area (Å²) in [6.45, 7) is 7.93. The molecule has 1 aliphatic heterocycles. The number of ketones is 1. The quantitative estimate of drug-likeness (QED) is 0.133. The van der Waals surface area contributed by atoms with Crippen LogP contribution in [0.1, 0.15) is 91.2 Å². The summed E-state index contributed by atoms with van der Waals surface area (Å²) < 4.78 is 9.04. The van der Waals surface area contributed by atoms with Gasteiger partial charge in [-0.3, -0.25) is 28.8 Å². The Labute approximate surface area is 322 Å². The minimum absolute atomic E-state index is 0.0252. The molecule has 1 aromatic rings. The fourth-order valence-electron chi connectivity index (χ4n) is 7.06. The van der Waals surface area contributed by atoms with Crippen molar-refractivity contribution in [2.24, 2.45) is 11.3 Å². The molecule has 55 heavy (non-hydrogen) atoms. The Morgan fingerprint density at radius 2 is 1.49 bits per heavy atom. The van der Waals surface area contributed by atoms with Gasteiger partial charge in [-0.15, -0.1) is 0 Å². The Morgan fingerprint density at radius 1 is 0.836 bits per heavy atom. The normalized spacial score (nSPS) is 19.9. The smallest absolute Gasteiger partial charge is 0.407 e. The second kappa shape index (κ2) is 20.5. The molecule has 17 heteroatoms. The highest BCUT2D eigenvalue weighted by atomic mass is 16.5. The minimum Gasteiger partial charge on any atom is -0.453 e. The van der Waals surface area contributed by atoms with Gasteiger partial charge in [0.05, 0.1) is 39.4 Å². The van der Waals surface area contributed by atoms with E-state index in [0.29, 0.717) is 19.3 Å². The molecule has 0 radical (unpaired) electrons. The molecule has 6 N–H and O–H groups in total. The lowest BCUT2D eigenvalue weighted by Gasteiger charge is -2.39. The molecule has 1 aromatic carbocycles. The van der Waals surface area contributed by atoms with Gasteiger partial charge in [-0.05, 0) is 49.5 Å². The Balaban J connectivity index is 1.77. The number of benzene rings is 1. The maximum absolute atomic E-state index is 14.6. The van der Waals surface area contributed by atoms with Crippen molar-refractivity contribution >= 4 is 47.5 Å². The summed E-state index contributed by atoms with van der Waals surface area (Å²) in [5.74, 6) is -4.15. The topological polar surface area (TPSA) is 230 Å². The van der Waals surface area contributed by atoms with Crippen LogP contribution in [-0.4, -0.2) is 110 Å². The number of nitrogens with one attached hydrogen (secondary N) is 6. The number of hydrogen-bond donors (Lipinski definition) is 6. The molecule has 1 aliphatic carbocycles. The van der Waals surface area contributed by atoms with Crippen LogP contribution in [0.5, 0.6) is 0 Å². The van der Waals surface area contributed by atoms with Crippen LogP contribution in [0.2, 0.25) is 0 Å². The minimum atomic E-state index is -1.33. The van der Waals surface area contributed by atoms with Crippen molar-refractivity contribution < 1.29 is 47.8 Å². The molecule has 1 saturated carbocycles. The largest absolute Gasteiger partial charge is 0.453 e. The summed E-state index contributed by atoms with van der Waals surface area (Å²) in [5, 5.41) is 15.2. The number of fused-ring (bicyclic) bond motifs is 1. The number of alkyl carbamates (subject to hydrolysis) is 2. The number of hydrogen-bond acceptors (Lipinski definition) is 10. The van der Waals surface area contributed by atoms with E-state index in [9.17, 15) is 38.4 Å². The summed E-state index contributed by atoms with van der Waals surface area (Å²) in [7, 11) is 2.22. The predicted octanol–water partition coefficient (Wildman–Crippen LogP) is 1.61. The Kier molecular flexibility index (Phi) is 16.4. The Bertz CT molecular complexity index is 1550. The lowest BCUT2D eigenvalue weighted by atomic mass is 9.83. The molecule has 1 saturated heterocycles. The molecule has 7 amide bonds. The second-order valence-corrected chi connectivity index (χ2v) is 15.1. The molecule has 2 unspecified atom stereocenters. The van der Waals surface area contributed by atoms with E-state index < -0.39 is 89.7 Å². The maximum Gasteiger partial charge on any atom is 0.407 e. The standard InChI is InChI=1S/C38H57N7O10/c1-8-14-25(30(47)34(50)41-22(2)23-15-10-9-11-16-23)42-33(49)28-19-24-17-12-13-18-27(24)45(28)35(51)31(38(3,4)5)44-29(46)21-39-32(48)26(43-37(53)55-7)20-40-36(52)54-6/h9-11,15-16,22,24-28,31H,8,12-14,17-21H2,1-7H3,(H,39,48)(H,40,52)(H,41,50)(H,42,49)(H,43,53)(H,44,46)/t22-,24-,25?,26?,27-,28-,31+/m0/s1.